The van der Waals surface area contributed by atoms with E-state index in [-0.39, 0.29) is 29.6 Å². The Morgan fingerprint density at radius 2 is 1.76 bits per heavy atom. The maximum absolute atomic E-state index is 13.0. The van der Waals surface area contributed by atoms with E-state index in [1.807, 2.05) is 16.4 Å². The van der Waals surface area contributed by atoms with Crippen molar-refractivity contribution >= 4 is 22.7 Å². The Kier molecular flexibility index (Phi) is 7.17. The van der Waals surface area contributed by atoms with Gasteiger partial charge in [-0.1, -0.05) is 6.42 Å². The summed E-state index contributed by atoms with van der Waals surface area (Å²) in [6.07, 6.45) is 4.56. The van der Waals surface area contributed by atoms with Crippen LogP contribution in [0.5, 0.6) is 11.5 Å². The molecule has 1 N–H and O–H groups in total. The van der Waals surface area contributed by atoms with Crippen LogP contribution in [0.25, 0.3) is 10.9 Å². The molecule has 4 rings (SSSR count). The first-order valence-electron chi connectivity index (χ1n) is 11.7. The van der Waals surface area contributed by atoms with Gasteiger partial charge in [-0.25, -0.2) is 0 Å². The molecule has 178 valence electrons. The second kappa shape index (κ2) is 10.2. The molecule has 1 aromatic carbocycles. The molecule has 2 amide bonds. The molecule has 0 saturated carbocycles. The highest BCUT2D eigenvalue weighted by molar-refractivity contribution is 5.97. The summed E-state index contributed by atoms with van der Waals surface area (Å²) >= 11 is 0. The molecule has 2 aliphatic heterocycles. The maximum atomic E-state index is 13.0. The van der Waals surface area contributed by atoms with E-state index in [9.17, 15) is 14.4 Å². The van der Waals surface area contributed by atoms with Gasteiger partial charge in [-0.3, -0.25) is 14.4 Å². The molecule has 1 aromatic heterocycles. The molecular weight excluding hydrogens is 424 g/mol. The highest BCUT2D eigenvalue weighted by Crippen LogP contribution is 2.35. The number of carbonyl (C=O) groups is 2. The molecule has 1 fully saturated rings. The zero-order valence-electron chi connectivity index (χ0n) is 19.4. The van der Waals surface area contributed by atoms with Crippen molar-refractivity contribution < 1.29 is 19.1 Å². The summed E-state index contributed by atoms with van der Waals surface area (Å²) < 4.78 is 12.7. The van der Waals surface area contributed by atoms with E-state index < -0.39 is 0 Å². The van der Waals surface area contributed by atoms with Crippen LogP contribution in [0.1, 0.15) is 43.0 Å². The highest BCUT2D eigenvalue weighted by Gasteiger charge is 2.21. The molecule has 3 heterocycles. The lowest BCUT2D eigenvalue weighted by atomic mass is 10.1. The number of nitrogens with zero attached hydrogens (tertiary/aromatic N) is 3. The lowest BCUT2D eigenvalue weighted by molar-refractivity contribution is -0.132. The van der Waals surface area contributed by atoms with Crippen LogP contribution in [-0.2, 0) is 11.3 Å². The number of pyridine rings is 1. The number of hydrogen-bond acceptors (Lipinski definition) is 6. The smallest absolute Gasteiger partial charge is 0.256 e. The van der Waals surface area contributed by atoms with Crippen molar-refractivity contribution in [3.05, 3.63) is 34.1 Å². The monoisotopic (exact) mass is 456 g/mol. The Morgan fingerprint density at radius 1 is 1.03 bits per heavy atom. The van der Waals surface area contributed by atoms with E-state index in [0.29, 0.717) is 41.9 Å². The van der Waals surface area contributed by atoms with E-state index in [2.05, 4.69) is 17.3 Å². The predicted octanol–water partition coefficient (Wildman–Crippen LogP) is 1.81. The third-order valence-corrected chi connectivity index (χ3v) is 6.37. The standard InChI is InChI=1S/C24H32N4O5/c1-3-27-15-18(23(30)17-13-20-21(14-19(17)27)33-16-32-20)24(31)25-8-6-4-5-7-22(29)28-11-9-26(2)10-12-28/h13-15H,3-12,16H2,1-2H3,(H,25,31). The molecule has 0 atom stereocenters. The van der Waals surface area contributed by atoms with Gasteiger partial charge in [-0.05, 0) is 32.9 Å². The largest absolute Gasteiger partial charge is 0.454 e. The number of benzene rings is 1. The lowest BCUT2D eigenvalue weighted by Gasteiger charge is -2.32. The van der Waals surface area contributed by atoms with Crippen LogP contribution in [-0.4, -0.2) is 72.7 Å². The first-order chi connectivity index (χ1) is 16.0. The zero-order valence-corrected chi connectivity index (χ0v) is 19.4. The summed E-state index contributed by atoms with van der Waals surface area (Å²) in [6, 6.07) is 3.44. The van der Waals surface area contributed by atoms with Gasteiger partial charge in [0.15, 0.2) is 11.5 Å². The Labute approximate surface area is 193 Å². The molecule has 0 aliphatic carbocycles. The van der Waals surface area contributed by atoms with Crippen molar-refractivity contribution in [2.75, 3.05) is 46.6 Å². The summed E-state index contributed by atoms with van der Waals surface area (Å²) in [6.45, 7) is 6.61. The van der Waals surface area contributed by atoms with Crippen LogP contribution in [0.3, 0.4) is 0 Å². The van der Waals surface area contributed by atoms with Gasteiger partial charge in [-0.15, -0.1) is 0 Å². The summed E-state index contributed by atoms with van der Waals surface area (Å²) in [4.78, 5) is 42.2. The number of ether oxygens (including phenoxy) is 2. The molecule has 33 heavy (non-hydrogen) atoms. The fourth-order valence-corrected chi connectivity index (χ4v) is 4.29. The van der Waals surface area contributed by atoms with Crippen molar-refractivity contribution in [1.29, 1.82) is 0 Å². The van der Waals surface area contributed by atoms with Gasteiger partial charge in [0.2, 0.25) is 18.1 Å². The molecule has 0 spiro atoms. The molecule has 0 bridgehead atoms. The van der Waals surface area contributed by atoms with Crippen molar-refractivity contribution in [2.24, 2.45) is 0 Å². The number of likely N-dealkylation sites (N-methyl/N-ethyl adjacent to an activating group) is 1. The summed E-state index contributed by atoms with van der Waals surface area (Å²) in [7, 11) is 2.07. The normalized spacial score (nSPS) is 15.8. The third kappa shape index (κ3) is 5.13. The second-order valence-electron chi connectivity index (χ2n) is 8.63. The molecule has 9 nitrogen and oxygen atoms in total. The summed E-state index contributed by atoms with van der Waals surface area (Å²) in [5.41, 5.74) is 0.519. The van der Waals surface area contributed by atoms with Crippen LogP contribution >= 0.6 is 0 Å². The number of hydrogen-bond donors (Lipinski definition) is 1. The second-order valence-corrected chi connectivity index (χ2v) is 8.63. The number of piperazine rings is 1. The molecular formula is C24H32N4O5. The number of fused-ring (bicyclic) bond motifs is 2. The van der Waals surface area contributed by atoms with Crippen LogP contribution in [0.4, 0.5) is 0 Å². The minimum Gasteiger partial charge on any atom is -0.454 e. The van der Waals surface area contributed by atoms with Gasteiger partial charge in [0.1, 0.15) is 5.56 Å². The Morgan fingerprint density at radius 3 is 2.48 bits per heavy atom. The minimum absolute atomic E-state index is 0.119. The summed E-state index contributed by atoms with van der Waals surface area (Å²) in [5.74, 6) is 0.956. The third-order valence-electron chi connectivity index (χ3n) is 6.37. The van der Waals surface area contributed by atoms with E-state index in [0.717, 1.165) is 45.4 Å². The molecule has 9 heteroatoms. The van der Waals surface area contributed by atoms with Crippen molar-refractivity contribution in [3.8, 4) is 11.5 Å². The molecule has 0 radical (unpaired) electrons. The van der Waals surface area contributed by atoms with E-state index in [4.69, 9.17) is 9.47 Å². The number of rotatable bonds is 8. The quantitative estimate of drug-likeness (QED) is 0.609. The number of aryl methyl sites for hydroxylation is 1. The Balaban J connectivity index is 1.29. The number of amides is 2. The molecule has 1 saturated heterocycles. The number of unbranched alkanes of at least 4 members (excludes halogenated alkanes) is 2. The maximum Gasteiger partial charge on any atom is 0.256 e. The highest BCUT2D eigenvalue weighted by atomic mass is 16.7. The van der Waals surface area contributed by atoms with Crippen LogP contribution in [0.15, 0.2) is 23.1 Å². The van der Waals surface area contributed by atoms with E-state index >= 15 is 0 Å². The van der Waals surface area contributed by atoms with Gasteiger partial charge in [0.05, 0.1) is 10.9 Å². The van der Waals surface area contributed by atoms with Crippen LogP contribution < -0.4 is 20.2 Å². The minimum atomic E-state index is -0.379. The van der Waals surface area contributed by atoms with Gasteiger partial charge >= 0.3 is 0 Å². The average molecular weight is 457 g/mol. The van der Waals surface area contributed by atoms with E-state index in [1.165, 1.54) is 0 Å². The Hall–Kier alpha value is -3.07. The van der Waals surface area contributed by atoms with Crippen molar-refractivity contribution in [3.63, 3.8) is 0 Å². The van der Waals surface area contributed by atoms with Gasteiger partial charge in [0.25, 0.3) is 5.91 Å². The van der Waals surface area contributed by atoms with Gasteiger partial charge < -0.3 is 29.2 Å². The molecule has 2 aliphatic rings. The van der Waals surface area contributed by atoms with Crippen molar-refractivity contribution in [2.45, 2.75) is 39.2 Å². The zero-order chi connectivity index (χ0) is 23.4. The predicted molar refractivity (Wildman–Crippen MR) is 125 cm³/mol. The number of carbonyl (C=O) groups excluding carboxylic acids is 2. The summed E-state index contributed by atoms with van der Waals surface area (Å²) in [5, 5.41) is 3.30. The fraction of sp³-hybridized carbons (Fsp3) is 0.542. The topological polar surface area (TPSA) is 93.1 Å². The SMILES string of the molecule is CCn1cc(C(=O)NCCCCCC(=O)N2CCN(C)CC2)c(=O)c2cc3c(cc21)OCO3. The van der Waals surface area contributed by atoms with Crippen LogP contribution in [0, 0.1) is 0 Å². The number of aromatic nitrogens is 1. The molecule has 0 unspecified atom stereocenters. The first kappa shape index (κ1) is 23.1. The average Bonchev–Trinajstić information content (AvgIpc) is 3.28. The lowest BCUT2D eigenvalue weighted by Crippen LogP contribution is -2.47. The fourth-order valence-electron chi connectivity index (χ4n) is 4.29. The Bertz CT molecular complexity index is 1090. The molecule has 2 aromatic rings. The number of nitrogens with one attached hydrogen (secondary N) is 1. The van der Waals surface area contributed by atoms with Gasteiger partial charge in [-0.2, -0.15) is 0 Å². The van der Waals surface area contributed by atoms with Crippen molar-refractivity contribution in [1.82, 2.24) is 19.7 Å². The van der Waals surface area contributed by atoms with Crippen LogP contribution in [0.2, 0.25) is 0 Å². The van der Waals surface area contributed by atoms with E-state index in [1.54, 1.807) is 18.3 Å². The van der Waals surface area contributed by atoms with Gasteiger partial charge in [0, 0.05) is 58.0 Å². The first-order valence-corrected chi connectivity index (χ1v) is 11.7.